The largest absolute Gasteiger partial charge is 0.380 e. The molecule has 0 aromatic carbocycles. The van der Waals surface area contributed by atoms with Gasteiger partial charge in [-0.15, -0.1) is 0 Å². The summed E-state index contributed by atoms with van der Waals surface area (Å²) in [5, 5.41) is 3.53. The molecule has 0 aromatic heterocycles. The Hall–Kier alpha value is -0.120. The first kappa shape index (κ1) is 14.9. The number of nitrogens with one attached hydrogen (secondary N) is 1. The van der Waals surface area contributed by atoms with Crippen molar-refractivity contribution >= 4 is 0 Å². The van der Waals surface area contributed by atoms with E-state index in [1.54, 1.807) is 0 Å². The Morgan fingerprint density at radius 2 is 1.76 bits per heavy atom. The fraction of sp³-hybridized carbons (Fsp3) is 1.00. The van der Waals surface area contributed by atoms with Crippen LogP contribution in [0, 0.1) is 11.8 Å². The Balaban J connectivity index is 2.18. The van der Waals surface area contributed by atoms with Gasteiger partial charge in [-0.2, -0.15) is 0 Å². The van der Waals surface area contributed by atoms with Crippen LogP contribution in [0.1, 0.15) is 33.6 Å². The van der Waals surface area contributed by atoms with Gasteiger partial charge in [-0.05, 0) is 31.3 Å². The summed E-state index contributed by atoms with van der Waals surface area (Å²) in [5.74, 6) is 1.50. The zero-order valence-corrected chi connectivity index (χ0v) is 11.9. The van der Waals surface area contributed by atoms with E-state index in [9.17, 15) is 0 Å². The first-order valence-corrected chi connectivity index (χ1v) is 7.23. The van der Waals surface area contributed by atoms with Crippen LogP contribution in [0.25, 0.3) is 0 Å². The molecule has 0 radical (unpaired) electrons. The monoisotopic (exact) mass is 242 g/mol. The molecule has 0 bridgehead atoms. The van der Waals surface area contributed by atoms with Crippen molar-refractivity contribution in [2.75, 3.05) is 45.9 Å². The summed E-state index contributed by atoms with van der Waals surface area (Å²) in [6.07, 6.45) is 2.42. The van der Waals surface area contributed by atoms with Gasteiger partial charge in [0, 0.05) is 26.2 Å². The van der Waals surface area contributed by atoms with Crippen molar-refractivity contribution < 1.29 is 4.74 Å². The molecule has 0 spiro atoms. The van der Waals surface area contributed by atoms with Gasteiger partial charge in [0.2, 0.25) is 0 Å². The van der Waals surface area contributed by atoms with Crippen LogP contribution < -0.4 is 5.32 Å². The molecular weight excluding hydrogens is 212 g/mol. The summed E-state index contributed by atoms with van der Waals surface area (Å²) in [4.78, 5) is 2.57. The van der Waals surface area contributed by atoms with E-state index in [1.165, 1.54) is 25.9 Å². The van der Waals surface area contributed by atoms with Crippen molar-refractivity contribution in [1.82, 2.24) is 10.2 Å². The topological polar surface area (TPSA) is 24.5 Å². The van der Waals surface area contributed by atoms with E-state index in [-0.39, 0.29) is 0 Å². The number of nitrogens with zero attached hydrogens (tertiary/aromatic N) is 1. The highest BCUT2D eigenvalue weighted by molar-refractivity contribution is 4.72. The average molecular weight is 242 g/mol. The van der Waals surface area contributed by atoms with Gasteiger partial charge >= 0.3 is 0 Å². The Labute approximate surface area is 107 Å². The first-order chi connectivity index (χ1) is 8.22. The van der Waals surface area contributed by atoms with Gasteiger partial charge in [-0.1, -0.05) is 27.2 Å². The first-order valence-electron chi connectivity index (χ1n) is 7.23. The highest BCUT2D eigenvalue weighted by atomic mass is 16.5. The zero-order valence-electron chi connectivity index (χ0n) is 11.9. The molecule has 1 aliphatic rings. The lowest BCUT2D eigenvalue weighted by Crippen LogP contribution is -2.43. The van der Waals surface area contributed by atoms with E-state index in [1.807, 2.05) is 0 Å². The third-order valence-corrected chi connectivity index (χ3v) is 3.32. The Bertz CT molecular complexity index is 175. The molecular formula is C14H30N2O. The van der Waals surface area contributed by atoms with E-state index in [4.69, 9.17) is 4.74 Å². The normalized spacial score (nSPS) is 27.7. The van der Waals surface area contributed by atoms with Gasteiger partial charge in [0.25, 0.3) is 0 Å². The number of unbranched alkanes of at least 4 members (excludes halogenated alkanes) is 1. The lowest BCUT2D eigenvalue weighted by molar-refractivity contribution is 0.0871. The highest BCUT2D eigenvalue weighted by Gasteiger charge is 2.16. The predicted molar refractivity (Wildman–Crippen MR) is 73.4 cm³/mol. The minimum Gasteiger partial charge on any atom is -0.380 e. The lowest BCUT2D eigenvalue weighted by Gasteiger charge is -2.31. The molecule has 102 valence electrons. The van der Waals surface area contributed by atoms with Crippen molar-refractivity contribution in [2.24, 2.45) is 11.8 Å². The molecule has 0 aliphatic carbocycles. The average Bonchev–Trinajstić information content (AvgIpc) is 2.26. The molecule has 17 heavy (non-hydrogen) atoms. The van der Waals surface area contributed by atoms with Crippen LogP contribution in [-0.2, 0) is 4.74 Å². The maximum Gasteiger partial charge on any atom is 0.0593 e. The Morgan fingerprint density at radius 3 is 2.35 bits per heavy atom. The smallest absolute Gasteiger partial charge is 0.0593 e. The van der Waals surface area contributed by atoms with Crippen molar-refractivity contribution in [1.29, 1.82) is 0 Å². The van der Waals surface area contributed by atoms with Crippen LogP contribution in [0.3, 0.4) is 0 Å². The van der Waals surface area contributed by atoms with Crippen molar-refractivity contribution in [3.8, 4) is 0 Å². The molecule has 0 saturated carbocycles. The minimum atomic E-state index is 0.748. The molecule has 2 unspecified atom stereocenters. The van der Waals surface area contributed by atoms with Gasteiger partial charge in [0.15, 0.2) is 0 Å². The van der Waals surface area contributed by atoms with Crippen LogP contribution in [0.2, 0.25) is 0 Å². The molecule has 1 rings (SSSR count). The van der Waals surface area contributed by atoms with Crippen LogP contribution in [0.5, 0.6) is 0 Å². The summed E-state index contributed by atoms with van der Waals surface area (Å²) < 4.78 is 5.66. The number of ether oxygens (including phenoxy) is 1. The van der Waals surface area contributed by atoms with Crippen molar-refractivity contribution in [3.05, 3.63) is 0 Å². The number of hydrogen-bond acceptors (Lipinski definition) is 3. The molecule has 2 atom stereocenters. The van der Waals surface area contributed by atoms with E-state index in [0.717, 1.165) is 44.7 Å². The molecule has 1 fully saturated rings. The van der Waals surface area contributed by atoms with E-state index in [2.05, 4.69) is 31.0 Å². The standard InChI is InChI=1S/C14H30N2O/c1-4-5-7-17-8-6-16-11-13(2)9-15-10-14(3)12-16/h13-15H,4-12H2,1-3H3. The number of hydrogen-bond donors (Lipinski definition) is 1. The lowest BCUT2D eigenvalue weighted by atomic mass is 10.1. The maximum absolute atomic E-state index is 5.66. The summed E-state index contributed by atoms with van der Waals surface area (Å²) >= 11 is 0. The van der Waals surface area contributed by atoms with E-state index < -0.39 is 0 Å². The third-order valence-electron chi connectivity index (χ3n) is 3.32. The predicted octanol–water partition coefficient (Wildman–Crippen LogP) is 1.98. The molecule has 3 heteroatoms. The number of rotatable bonds is 6. The molecule has 1 N–H and O–H groups in total. The fourth-order valence-electron chi connectivity index (χ4n) is 2.39. The highest BCUT2D eigenvalue weighted by Crippen LogP contribution is 2.07. The summed E-state index contributed by atoms with van der Waals surface area (Å²) in [6.45, 7) is 14.5. The second-order valence-electron chi connectivity index (χ2n) is 5.59. The van der Waals surface area contributed by atoms with Crippen LogP contribution in [0.15, 0.2) is 0 Å². The van der Waals surface area contributed by atoms with E-state index in [0.29, 0.717) is 0 Å². The quantitative estimate of drug-likeness (QED) is 0.721. The maximum atomic E-state index is 5.66. The molecule has 1 saturated heterocycles. The van der Waals surface area contributed by atoms with Gasteiger partial charge in [-0.25, -0.2) is 0 Å². The molecule has 0 amide bonds. The summed E-state index contributed by atoms with van der Waals surface area (Å²) in [5.41, 5.74) is 0. The zero-order chi connectivity index (χ0) is 12.5. The minimum absolute atomic E-state index is 0.748. The molecule has 0 aromatic rings. The summed E-state index contributed by atoms with van der Waals surface area (Å²) in [7, 11) is 0. The van der Waals surface area contributed by atoms with Gasteiger partial charge in [-0.3, -0.25) is 0 Å². The van der Waals surface area contributed by atoms with E-state index >= 15 is 0 Å². The van der Waals surface area contributed by atoms with Crippen LogP contribution in [0.4, 0.5) is 0 Å². The van der Waals surface area contributed by atoms with Crippen LogP contribution >= 0.6 is 0 Å². The van der Waals surface area contributed by atoms with Crippen LogP contribution in [-0.4, -0.2) is 50.8 Å². The molecule has 3 nitrogen and oxygen atoms in total. The van der Waals surface area contributed by atoms with Crippen molar-refractivity contribution in [2.45, 2.75) is 33.6 Å². The molecule has 1 aliphatic heterocycles. The molecule has 1 heterocycles. The Morgan fingerprint density at radius 1 is 1.12 bits per heavy atom. The van der Waals surface area contributed by atoms with Gasteiger partial charge < -0.3 is 15.0 Å². The SMILES string of the molecule is CCCCOCCN1CC(C)CNCC(C)C1. The Kier molecular flexibility index (Phi) is 7.82. The second-order valence-corrected chi connectivity index (χ2v) is 5.59. The second kappa shape index (κ2) is 8.90. The van der Waals surface area contributed by atoms with Gasteiger partial charge in [0.1, 0.15) is 0 Å². The fourth-order valence-corrected chi connectivity index (χ4v) is 2.39. The van der Waals surface area contributed by atoms with Crippen molar-refractivity contribution in [3.63, 3.8) is 0 Å². The third kappa shape index (κ3) is 7.02. The van der Waals surface area contributed by atoms with Gasteiger partial charge in [0.05, 0.1) is 6.61 Å². The summed E-state index contributed by atoms with van der Waals surface area (Å²) in [6, 6.07) is 0.